The number of rotatable bonds is 0. The van der Waals surface area contributed by atoms with E-state index in [4.69, 9.17) is 23.8 Å². The van der Waals surface area contributed by atoms with Crippen LogP contribution in [0.2, 0.25) is 5.02 Å². The van der Waals surface area contributed by atoms with Crippen molar-refractivity contribution >= 4 is 40.5 Å². The molecule has 1 aromatic rings. The van der Waals surface area contributed by atoms with E-state index in [9.17, 15) is 4.79 Å². The van der Waals surface area contributed by atoms with Gasteiger partial charge in [-0.1, -0.05) is 11.6 Å². The van der Waals surface area contributed by atoms with E-state index in [1.54, 1.807) is 30.1 Å². The van der Waals surface area contributed by atoms with Gasteiger partial charge in [0.1, 0.15) is 0 Å². The molecule has 4 nitrogen and oxygen atoms in total. The molecule has 6 heteroatoms. The van der Waals surface area contributed by atoms with Crippen LogP contribution in [-0.4, -0.2) is 18.1 Å². The molecular formula is C9H8ClN3OS. The zero-order chi connectivity index (χ0) is 11.0. The standard InChI is InChI=1S/C9H8ClN3OS/c1-13-7-3-2-5(10)4-6(7)8(14)11-12-9(13)15/h2-4H,1H3,(H,11,14)(H,12,15). The van der Waals surface area contributed by atoms with Gasteiger partial charge in [-0.15, -0.1) is 0 Å². The number of hydrogen-bond acceptors (Lipinski definition) is 2. The Bertz CT molecular complexity index is 449. The van der Waals surface area contributed by atoms with Crippen molar-refractivity contribution in [2.45, 2.75) is 0 Å². The fraction of sp³-hybridized carbons (Fsp3) is 0.111. The van der Waals surface area contributed by atoms with Crippen molar-refractivity contribution in [1.82, 2.24) is 10.9 Å². The van der Waals surface area contributed by atoms with Crippen molar-refractivity contribution in [3.8, 4) is 0 Å². The van der Waals surface area contributed by atoms with Gasteiger partial charge >= 0.3 is 0 Å². The maximum atomic E-state index is 11.6. The SMILES string of the molecule is CN1C(=S)NNC(=O)c2cc(Cl)ccc21. The molecule has 2 rings (SSSR count). The summed E-state index contributed by atoms with van der Waals surface area (Å²) in [5.41, 5.74) is 6.33. The molecular weight excluding hydrogens is 234 g/mol. The molecule has 0 saturated heterocycles. The summed E-state index contributed by atoms with van der Waals surface area (Å²) in [5.74, 6) is -0.251. The zero-order valence-corrected chi connectivity index (χ0v) is 9.45. The van der Waals surface area contributed by atoms with Gasteiger partial charge in [-0.05, 0) is 30.4 Å². The molecule has 1 aliphatic rings. The molecule has 1 aliphatic heterocycles. The van der Waals surface area contributed by atoms with Crippen LogP contribution >= 0.6 is 23.8 Å². The summed E-state index contributed by atoms with van der Waals surface area (Å²) in [4.78, 5) is 13.3. The van der Waals surface area contributed by atoms with E-state index in [0.29, 0.717) is 15.7 Å². The first-order chi connectivity index (χ1) is 7.09. The molecule has 15 heavy (non-hydrogen) atoms. The molecule has 0 radical (unpaired) electrons. The van der Waals surface area contributed by atoms with Crippen molar-refractivity contribution in [2.75, 3.05) is 11.9 Å². The number of thiocarbonyl (C=S) groups is 1. The Hall–Kier alpha value is -1.33. The molecule has 0 aliphatic carbocycles. The topological polar surface area (TPSA) is 44.4 Å². The molecule has 1 aromatic carbocycles. The van der Waals surface area contributed by atoms with Crippen LogP contribution in [0.1, 0.15) is 10.4 Å². The highest BCUT2D eigenvalue weighted by Crippen LogP contribution is 2.24. The molecule has 1 amide bonds. The number of hydrazine groups is 1. The van der Waals surface area contributed by atoms with Crippen LogP contribution in [0, 0.1) is 0 Å². The van der Waals surface area contributed by atoms with Crippen LogP contribution in [0.5, 0.6) is 0 Å². The third kappa shape index (κ3) is 1.75. The van der Waals surface area contributed by atoms with Crippen molar-refractivity contribution in [2.24, 2.45) is 0 Å². The molecule has 0 spiro atoms. The predicted octanol–water partition coefficient (Wildman–Crippen LogP) is 1.31. The Kier molecular flexibility index (Phi) is 2.50. The zero-order valence-electron chi connectivity index (χ0n) is 7.87. The number of halogens is 1. The van der Waals surface area contributed by atoms with E-state index in [-0.39, 0.29) is 5.91 Å². The molecule has 2 N–H and O–H groups in total. The van der Waals surface area contributed by atoms with Crippen molar-refractivity contribution < 1.29 is 4.79 Å². The van der Waals surface area contributed by atoms with Crippen molar-refractivity contribution in [3.05, 3.63) is 28.8 Å². The fourth-order valence-electron chi connectivity index (χ4n) is 1.35. The van der Waals surface area contributed by atoms with Gasteiger partial charge < -0.3 is 4.90 Å². The Balaban J connectivity index is 2.59. The van der Waals surface area contributed by atoms with Crippen LogP contribution < -0.4 is 15.8 Å². The minimum atomic E-state index is -0.251. The van der Waals surface area contributed by atoms with Gasteiger partial charge in [-0.3, -0.25) is 15.6 Å². The summed E-state index contributed by atoms with van der Waals surface area (Å²) in [6.45, 7) is 0. The number of anilines is 1. The van der Waals surface area contributed by atoms with Crippen LogP contribution in [0.15, 0.2) is 18.2 Å². The van der Waals surface area contributed by atoms with E-state index in [0.717, 1.165) is 5.69 Å². The average molecular weight is 242 g/mol. The summed E-state index contributed by atoms with van der Waals surface area (Å²) in [6, 6.07) is 5.09. The predicted molar refractivity (Wildman–Crippen MR) is 63.1 cm³/mol. The first-order valence-corrected chi connectivity index (χ1v) is 5.02. The van der Waals surface area contributed by atoms with E-state index < -0.39 is 0 Å². The Labute approximate surface area is 97.2 Å². The first-order valence-electron chi connectivity index (χ1n) is 4.23. The lowest BCUT2D eigenvalue weighted by atomic mass is 10.1. The van der Waals surface area contributed by atoms with E-state index in [1.807, 2.05) is 0 Å². The molecule has 1 heterocycles. The number of nitrogens with zero attached hydrogens (tertiary/aromatic N) is 1. The lowest BCUT2D eigenvalue weighted by Crippen LogP contribution is -2.44. The molecule has 78 valence electrons. The van der Waals surface area contributed by atoms with E-state index in [2.05, 4.69) is 10.9 Å². The summed E-state index contributed by atoms with van der Waals surface area (Å²) in [7, 11) is 1.78. The van der Waals surface area contributed by atoms with Gasteiger partial charge in [0.25, 0.3) is 5.91 Å². The fourth-order valence-corrected chi connectivity index (χ4v) is 1.67. The van der Waals surface area contributed by atoms with Crippen LogP contribution in [0.4, 0.5) is 5.69 Å². The molecule has 0 saturated carbocycles. The average Bonchev–Trinajstić information content (AvgIpc) is 2.32. The number of carbonyl (C=O) groups is 1. The summed E-state index contributed by atoms with van der Waals surface area (Å²) in [5, 5.41) is 0.953. The van der Waals surface area contributed by atoms with Crippen molar-refractivity contribution in [3.63, 3.8) is 0 Å². The minimum absolute atomic E-state index is 0.251. The Morgan fingerprint density at radius 2 is 2.13 bits per heavy atom. The number of hydrogen-bond donors (Lipinski definition) is 2. The van der Waals surface area contributed by atoms with Gasteiger partial charge in [-0.2, -0.15) is 0 Å². The van der Waals surface area contributed by atoms with Gasteiger partial charge in [0.15, 0.2) is 5.11 Å². The monoisotopic (exact) mass is 241 g/mol. The Morgan fingerprint density at radius 1 is 1.40 bits per heavy atom. The third-order valence-electron chi connectivity index (χ3n) is 2.15. The lowest BCUT2D eigenvalue weighted by molar-refractivity contribution is 0.0946. The highest BCUT2D eigenvalue weighted by atomic mass is 35.5. The third-order valence-corrected chi connectivity index (χ3v) is 2.76. The van der Waals surface area contributed by atoms with Crippen LogP contribution in [0.25, 0.3) is 0 Å². The number of benzene rings is 1. The smallest absolute Gasteiger partial charge is 0.271 e. The van der Waals surface area contributed by atoms with E-state index in [1.165, 1.54) is 0 Å². The summed E-state index contributed by atoms with van der Waals surface area (Å²) >= 11 is 10.9. The lowest BCUT2D eigenvalue weighted by Gasteiger charge is -2.18. The van der Waals surface area contributed by atoms with Crippen LogP contribution in [-0.2, 0) is 0 Å². The second kappa shape index (κ2) is 3.67. The highest BCUT2D eigenvalue weighted by Gasteiger charge is 2.21. The number of fused-ring (bicyclic) bond motifs is 1. The quantitative estimate of drug-likeness (QED) is 0.673. The molecule has 0 atom stereocenters. The minimum Gasteiger partial charge on any atom is -0.320 e. The summed E-state index contributed by atoms with van der Waals surface area (Å²) in [6.07, 6.45) is 0. The maximum absolute atomic E-state index is 11.6. The maximum Gasteiger partial charge on any atom is 0.271 e. The Morgan fingerprint density at radius 3 is 2.87 bits per heavy atom. The van der Waals surface area contributed by atoms with Gasteiger partial charge in [0, 0.05) is 12.1 Å². The highest BCUT2D eigenvalue weighted by molar-refractivity contribution is 7.80. The normalized spacial score (nSPS) is 15.2. The summed E-state index contributed by atoms with van der Waals surface area (Å²) < 4.78 is 0. The van der Waals surface area contributed by atoms with Gasteiger partial charge in [-0.25, -0.2) is 0 Å². The molecule has 0 bridgehead atoms. The number of nitrogens with one attached hydrogen (secondary N) is 2. The van der Waals surface area contributed by atoms with Gasteiger partial charge in [0.05, 0.1) is 11.3 Å². The number of carbonyl (C=O) groups excluding carboxylic acids is 1. The van der Waals surface area contributed by atoms with Crippen LogP contribution in [0.3, 0.4) is 0 Å². The largest absolute Gasteiger partial charge is 0.320 e. The van der Waals surface area contributed by atoms with E-state index >= 15 is 0 Å². The number of amides is 1. The second-order valence-electron chi connectivity index (χ2n) is 3.10. The second-order valence-corrected chi connectivity index (χ2v) is 3.93. The molecule has 0 fully saturated rings. The molecule has 0 unspecified atom stereocenters. The molecule has 0 aromatic heterocycles. The first kappa shape index (κ1) is 10.2. The van der Waals surface area contributed by atoms with Gasteiger partial charge in [0.2, 0.25) is 0 Å². The van der Waals surface area contributed by atoms with Crippen molar-refractivity contribution in [1.29, 1.82) is 0 Å².